The molecular weight excluding hydrogens is 330 g/mol. The average molecular weight is 357 g/mol. The molecule has 140 valence electrons. The molecule has 0 radical (unpaired) electrons. The Morgan fingerprint density at radius 3 is 1.96 bits per heavy atom. The van der Waals surface area contributed by atoms with E-state index in [0.29, 0.717) is 17.1 Å². The van der Waals surface area contributed by atoms with Crippen LogP contribution in [0, 0.1) is 6.92 Å². The average Bonchev–Trinajstić information content (AvgIpc) is 2.61. The molecule has 0 aliphatic heterocycles. The lowest BCUT2D eigenvalue weighted by Gasteiger charge is -2.17. The van der Waals surface area contributed by atoms with E-state index >= 15 is 0 Å². The van der Waals surface area contributed by atoms with E-state index < -0.39 is 0 Å². The predicted molar refractivity (Wildman–Crippen MR) is 102 cm³/mol. The van der Waals surface area contributed by atoms with Gasteiger partial charge in [0.25, 0.3) is 5.91 Å². The van der Waals surface area contributed by atoms with Crippen molar-refractivity contribution in [2.24, 2.45) is 0 Å². The molecule has 1 unspecified atom stereocenters. The van der Waals surface area contributed by atoms with E-state index in [1.165, 1.54) is 0 Å². The number of methoxy groups -OCH3 is 2. The first kappa shape index (κ1) is 19.6. The van der Waals surface area contributed by atoms with Gasteiger partial charge in [-0.1, -0.05) is 12.1 Å². The van der Waals surface area contributed by atoms with Gasteiger partial charge in [-0.2, -0.15) is 0 Å². The summed E-state index contributed by atoms with van der Waals surface area (Å²) in [5, 5.41) is 3.00. The Morgan fingerprint density at radius 2 is 1.50 bits per heavy atom. The van der Waals surface area contributed by atoms with Gasteiger partial charge in [-0.15, -0.1) is 0 Å². The summed E-state index contributed by atoms with van der Waals surface area (Å²) in [6.07, 6.45) is 0.129. The van der Waals surface area contributed by atoms with Gasteiger partial charge in [0.15, 0.2) is 0 Å². The molecule has 2 aromatic carbocycles. The Bertz CT molecular complexity index is 728. The molecule has 0 spiro atoms. The normalized spacial score (nSPS) is 11.8. The van der Waals surface area contributed by atoms with E-state index in [1.807, 2.05) is 52.0 Å². The summed E-state index contributed by atoms with van der Waals surface area (Å²) in [4.78, 5) is 12.6. The van der Waals surface area contributed by atoms with Gasteiger partial charge < -0.3 is 19.5 Å². The maximum Gasteiger partial charge on any atom is 0.252 e. The van der Waals surface area contributed by atoms with Crippen LogP contribution in [0.4, 0.5) is 0 Å². The van der Waals surface area contributed by atoms with Gasteiger partial charge in [-0.3, -0.25) is 4.79 Å². The Morgan fingerprint density at radius 1 is 0.962 bits per heavy atom. The zero-order chi connectivity index (χ0) is 19.3. The molecule has 0 saturated heterocycles. The molecule has 2 rings (SSSR count). The molecule has 0 fully saturated rings. The van der Waals surface area contributed by atoms with Crippen molar-refractivity contribution in [3.8, 4) is 17.2 Å². The number of amides is 1. The summed E-state index contributed by atoms with van der Waals surface area (Å²) < 4.78 is 16.3. The number of benzene rings is 2. The van der Waals surface area contributed by atoms with Crippen LogP contribution < -0.4 is 19.5 Å². The summed E-state index contributed by atoms with van der Waals surface area (Å²) in [7, 11) is 3.15. The van der Waals surface area contributed by atoms with Crippen LogP contribution in [0.2, 0.25) is 0 Å². The molecule has 2 aromatic rings. The van der Waals surface area contributed by atoms with Crippen LogP contribution in [0.15, 0.2) is 36.4 Å². The number of carbonyl (C=O) groups excluding carboxylic acids is 1. The maximum absolute atomic E-state index is 12.6. The molecule has 1 amide bonds. The molecule has 0 aliphatic rings. The van der Waals surface area contributed by atoms with Gasteiger partial charge in [0.05, 0.1) is 26.4 Å². The smallest absolute Gasteiger partial charge is 0.252 e. The second-order valence-electron chi connectivity index (χ2n) is 6.44. The number of carbonyl (C=O) groups is 1. The number of hydrogen-bond donors (Lipinski definition) is 1. The van der Waals surface area contributed by atoms with Crippen molar-refractivity contribution in [3.63, 3.8) is 0 Å². The first-order valence-electron chi connectivity index (χ1n) is 8.65. The second-order valence-corrected chi connectivity index (χ2v) is 6.44. The lowest BCUT2D eigenvalue weighted by molar-refractivity contribution is 0.0939. The number of ether oxygens (including phenoxy) is 3. The minimum atomic E-state index is -0.184. The van der Waals surface area contributed by atoms with Gasteiger partial charge in [-0.25, -0.2) is 0 Å². The van der Waals surface area contributed by atoms with Gasteiger partial charge >= 0.3 is 0 Å². The van der Waals surface area contributed by atoms with E-state index in [2.05, 4.69) is 5.32 Å². The summed E-state index contributed by atoms with van der Waals surface area (Å²) in [5.74, 6) is 1.88. The summed E-state index contributed by atoms with van der Waals surface area (Å²) >= 11 is 0. The Balaban J connectivity index is 2.14. The third-order valence-corrected chi connectivity index (χ3v) is 4.11. The molecule has 0 aliphatic carbocycles. The molecule has 0 heterocycles. The lowest BCUT2D eigenvalue weighted by atomic mass is 10.1. The molecule has 0 saturated carbocycles. The summed E-state index contributed by atoms with van der Waals surface area (Å²) in [6.45, 7) is 7.81. The van der Waals surface area contributed by atoms with E-state index in [4.69, 9.17) is 14.2 Å². The maximum atomic E-state index is 12.6. The third-order valence-electron chi connectivity index (χ3n) is 4.11. The van der Waals surface area contributed by atoms with Gasteiger partial charge in [0.1, 0.15) is 17.2 Å². The molecule has 5 heteroatoms. The third kappa shape index (κ3) is 4.69. The van der Waals surface area contributed by atoms with E-state index in [0.717, 1.165) is 16.9 Å². The highest BCUT2D eigenvalue weighted by atomic mass is 16.5. The van der Waals surface area contributed by atoms with Crippen molar-refractivity contribution in [1.29, 1.82) is 0 Å². The Labute approximate surface area is 155 Å². The monoisotopic (exact) mass is 357 g/mol. The number of nitrogens with one attached hydrogen (secondary N) is 1. The van der Waals surface area contributed by atoms with Gasteiger partial charge in [0, 0.05) is 11.1 Å². The fourth-order valence-electron chi connectivity index (χ4n) is 2.69. The van der Waals surface area contributed by atoms with Gasteiger partial charge in [0.2, 0.25) is 0 Å². The molecule has 26 heavy (non-hydrogen) atoms. The fraction of sp³-hybridized carbons (Fsp3) is 0.381. The van der Waals surface area contributed by atoms with Crippen molar-refractivity contribution >= 4 is 5.91 Å². The molecular formula is C21H27NO4. The second kappa shape index (κ2) is 8.61. The molecule has 1 N–H and O–H groups in total. The Kier molecular flexibility index (Phi) is 6.50. The SMILES string of the molecule is COc1cc(C(=O)NC(C)c2ccc(OC(C)C)cc2)cc(OC)c1C. The van der Waals surface area contributed by atoms with Crippen LogP contribution in [0.1, 0.15) is 48.3 Å². The zero-order valence-electron chi connectivity index (χ0n) is 16.3. The minimum Gasteiger partial charge on any atom is -0.496 e. The van der Waals surface area contributed by atoms with Crippen molar-refractivity contribution < 1.29 is 19.0 Å². The fourth-order valence-corrected chi connectivity index (χ4v) is 2.69. The van der Waals surface area contributed by atoms with E-state index in [1.54, 1.807) is 26.4 Å². The highest BCUT2D eigenvalue weighted by Crippen LogP contribution is 2.29. The molecule has 0 bridgehead atoms. The number of rotatable bonds is 7. The van der Waals surface area contributed by atoms with E-state index in [9.17, 15) is 4.79 Å². The zero-order valence-corrected chi connectivity index (χ0v) is 16.3. The van der Waals surface area contributed by atoms with Crippen molar-refractivity contribution in [2.75, 3.05) is 14.2 Å². The minimum absolute atomic E-state index is 0.129. The van der Waals surface area contributed by atoms with Crippen LogP contribution in [0.5, 0.6) is 17.2 Å². The van der Waals surface area contributed by atoms with Crippen molar-refractivity contribution in [1.82, 2.24) is 5.32 Å². The first-order chi connectivity index (χ1) is 12.3. The van der Waals surface area contributed by atoms with Crippen LogP contribution in [0.3, 0.4) is 0 Å². The highest BCUT2D eigenvalue weighted by molar-refractivity contribution is 5.95. The topological polar surface area (TPSA) is 56.8 Å². The van der Waals surface area contributed by atoms with Crippen molar-refractivity contribution in [3.05, 3.63) is 53.1 Å². The van der Waals surface area contributed by atoms with Gasteiger partial charge in [-0.05, 0) is 57.5 Å². The molecule has 5 nitrogen and oxygen atoms in total. The van der Waals surface area contributed by atoms with Crippen LogP contribution in [-0.2, 0) is 0 Å². The van der Waals surface area contributed by atoms with Crippen molar-refractivity contribution in [2.45, 2.75) is 39.8 Å². The Hall–Kier alpha value is -2.69. The van der Waals surface area contributed by atoms with Crippen LogP contribution in [-0.4, -0.2) is 26.2 Å². The summed E-state index contributed by atoms with van der Waals surface area (Å²) in [6, 6.07) is 11.0. The number of hydrogen-bond acceptors (Lipinski definition) is 4. The van der Waals surface area contributed by atoms with Crippen LogP contribution in [0.25, 0.3) is 0 Å². The summed E-state index contributed by atoms with van der Waals surface area (Å²) in [5.41, 5.74) is 2.36. The highest BCUT2D eigenvalue weighted by Gasteiger charge is 2.16. The van der Waals surface area contributed by atoms with E-state index in [-0.39, 0.29) is 18.1 Å². The standard InChI is InChI=1S/C21H27NO4/c1-13(2)26-18-9-7-16(8-10-18)15(4)22-21(23)17-11-19(24-5)14(3)20(12-17)25-6/h7-13,15H,1-6H3,(H,22,23). The molecule has 1 atom stereocenters. The molecule has 0 aromatic heterocycles. The predicted octanol–water partition coefficient (Wildman–Crippen LogP) is 4.29. The first-order valence-corrected chi connectivity index (χ1v) is 8.65. The quantitative estimate of drug-likeness (QED) is 0.803. The van der Waals surface area contributed by atoms with Crippen LogP contribution >= 0.6 is 0 Å². The lowest BCUT2D eigenvalue weighted by Crippen LogP contribution is -2.26. The largest absolute Gasteiger partial charge is 0.496 e.